The molecule has 0 aromatic rings. The van der Waals surface area contributed by atoms with Crippen LogP contribution < -0.4 is 5.73 Å². The molecule has 1 rings (SSSR count). The largest absolute Gasteiger partial charge is 0.385 e. The maximum absolute atomic E-state index is 12.0. The molecule has 1 saturated heterocycles. The number of nitrogens with two attached hydrogens (primary N) is 1. The zero-order valence-electron chi connectivity index (χ0n) is 10.3. The normalized spacial score (nSPS) is 22.9. The molecule has 7 heteroatoms. The van der Waals surface area contributed by atoms with E-state index in [2.05, 4.69) is 0 Å². The summed E-state index contributed by atoms with van der Waals surface area (Å²) in [7, 11) is -3.24. The lowest BCUT2D eigenvalue weighted by Gasteiger charge is -2.31. The van der Waals surface area contributed by atoms with Gasteiger partial charge in [0.2, 0.25) is 10.0 Å². The van der Waals surface area contributed by atoms with E-state index in [0.29, 0.717) is 25.5 Å². The lowest BCUT2D eigenvalue weighted by molar-refractivity contribution is 0.0368. The molecular weight excluding hydrogens is 242 g/mol. The lowest BCUT2D eigenvalue weighted by atomic mass is 10.2. The molecule has 3 N–H and O–H groups in total. The van der Waals surface area contributed by atoms with Crippen LogP contribution >= 0.6 is 0 Å². The molecule has 6 nitrogen and oxygen atoms in total. The number of amidine groups is 1. The minimum absolute atomic E-state index is 0.117. The van der Waals surface area contributed by atoms with Crippen molar-refractivity contribution in [2.45, 2.75) is 26.4 Å². The molecule has 0 aliphatic carbocycles. The number of rotatable bonds is 5. The summed E-state index contributed by atoms with van der Waals surface area (Å²) in [5.41, 5.74) is 5.33. The highest BCUT2D eigenvalue weighted by molar-refractivity contribution is 7.89. The summed E-state index contributed by atoms with van der Waals surface area (Å²) in [4.78, 5) is 0. The molecule has 17 heavy (non-hydrogen) atoms. The minimum Gasteiger partial charge on any atom is -0.385 e. The highest BCUT2D eigenvalue weighted by atomic mass is 32.2. The first-order chi connectivity index (χ1) is 7.83. The van der Waals surface area contributed by atoms with Crippen molar-refractivity contribution in [2.75, 3.05) is 25.4 Å². The van der Waals surface area contributed by atoms with E-state index in [1.807, 2.05) is 13.8 Å². The molecule has 0 amide bonds. The molecule has 1 atom stereocenters. The van der Waals surface area contributed by atoms with Crippen molar-refractivity contribution in [3.8, 4) is 0 Å². The van der Waals surface area contributed by atoms with Crippen LogP contribution in [0.1, 0.15) is 20.3 Å². The van der Waals surface area contributed by atoms with Gasteiger partial charge >= 0.3 is 0 Å². The summed E-state index contributed by atoms with van der Waals surface area (Å²) in [5, 5.41) is 7.28. The average molecular weight is 263 g/mol. The molecule has 100 valence electrons. The van der Waals surface area contributed by atoms with E-state index < -0.39 is 16.1 Å². The third-order valence-corrected chi connectivity index (χ3v) is 4.59. The van der Waals surface area contributed by atoms with E-state index in [-0.39, 0.29) is 18.1 Å². The molecule has 1 fully saturated rings. The first-order valence-corrected chi connectivity index (χ1v) is 7.37. The Morgan fingerprint density at radius 1 is 1.59 bits per heavy atom. The number of hydrogen-bond donors (Lipinski definition) is 2. The Labute approximate surface area is 103 Å². The van der Waals surface area contributed by atoms with Gasteiger partial charge in [-0.25, -0.2) is 8.42 Å². The number of hydrogen-bond acceptors (Lipinski definition) is 4. The van der Waals surface area contributed by atoms with Crippen LogP contribution in [0, 0.1) is 11.3 Å². The number of sulfonamides is 1. The van der Waals surface area contributed by atoms with Crippen LogP contribution in [0.4, 0.5) is 0 Å². The molecule has 0 bridgehead atoms. The molecule has 0 aromatic heterocycles. The molecular formula is C10H21N3O3S. The van der Waals surface area contributed by atoms with Crippen molar-refractivity contribution >= 4 is 15.9 Å². The number of nitrogens with one attached hydrogen (secondary N) is 1. The standard InChI is InChI=1S/C10H21N3O3S/c1-8(2)3-6-17(14,15)13-4-5-16-9(7-13)10(11)12/h8-9H,3-7H2,1-2H3,(H3,11,12). The maximum atomic E-state index is 12.0. The summed E-state index contributed by atoms with van der Waals surface area (Å²) in [6, 6.07) is 0. The van der Waals surface area contributed by atoms with E-state index in [9.17, 15) is 8.42 Å². The zero-order valence-corrected chi connectivity index (χ0v) is 11.2. The van der Waals surface area contributed by atoms with Gasteiger partial charge in [-0.15, -0.1) is 0 Å². The summed E-state index contributed by atoms with van der Waals surface area (Å²) in [6.07, 6.45) is 0.0438. The predicted octanol–water partition coefficient (Wildman–Crippen LogP) is -0.000930. The summed E-state index contributed by atoms with van der Waals surface area (Å²) < 4.78 is 30.6. The second-order valence-electron chi connectivity index (χ2n) is 4.67. The van der Waals surface area contributed by atoms with Crippen LogP contribution in [0.5, 0.6) is 0 Å². The molecule has 0 radical (unpaired) electrons. The third-order valence-electron chi connectivity index (χ3n) is 2.72. The molecule has 1 heterocycles. The summed E-state index contributed by atoms with van der Waals surface area (Å²) in [6.45, 7) is 4.80. The van der Waals surface area contributed by atoms with Gasteiger partial charge in [0.15, 0.2) is 0 Å². The summed E-state index contributed by atoms with van der Waals surface area (Å²) in [5.74, 6) is 0.387. The topological polar surface area (TPSA) is 96.5 Å². The Kier molecular flexibility index (Phi) is 4.91. The summed E-state index contributed by atoms with van der Waals surface area (Å²) >= 11 is 0. The zero-order chi connectivity index (χ0) is 13.1. The van der Waals surface area contributed by atoms with E-state index >= 15 is 0 Å². The minimum atomic E-state index is -3.24. The van der Waals surface area contributed by atoms with Gasteiger partial charge in [0.25, 0.3) is 0 Å². The van der Waals surface area contributed by atoms with Gasteiger partial charge in [-0.1, -0.05) is 13.8 Å². The Morgan fingerprint density at radius 2 is 2.24 bits per heavy atom. The molecule has 0 saturated carbocycles. The van der Waals surface area contributed by atoms with Crippen LogP contribution in [-0.4, -0.2) is 50.1 Å². The van der Waals surface area contributed by atoms with Gasteiger partial charge in [0.05, 0.1) is 12.4 Å². The Balaban J connectivity index is 2.62. The van der Waals surface area contributed by atoms with Crippen LogP contribution in [-0.2, 0) is 14.8 Å². The van der Waals surface area contributed by atoms with Gasteiger partial charge in [0, 0.05) is 13.1 Å². The smallest absolute Gasteiger partial charge is 0.214 e. The lowest BCUT2D eigenvalue weighted by Crippen LogP contribution is -2.50. The first kappa shape index (κ1) is 14.4. The van der Waals surface area contributed by atoms with Gasteiger partial charge in [-0.3, -0.25) is 5.41 Å². The first-order valence-electron chi connectivity index (χ1n) is 5.76. The van der Waals surface area contributed by atoms with Gasteiger partial charge in [-0.05, 0) is 12.3 Å². The highest BCUT2D eigenvalue weighted by Gasteiger charge is 2.30. The number of ether oxygens (including phenoxy) is 1. The number of morpholine rings is 1. The third kappa shape index (κ3) is 4.25. The second kappa shape index (κ2) is 5.79. The van der Waals surface area contributed by atoms with Crippen LogP contribution in [0.15, 0.2) is 0 Å². The molecule has 1 unspecified atom stereocenters. The number of nitrogens with zero attached hydrogens (tertiary/aromatic N) is 1. The van der Waals surface area contributed by atoms with Crippen molar-refractivity contribution in [1.29, 1.82) is 5.41 Å². The fourth-order valence-electron chi connectivity index (χ4n) is 1.58. The SMILES string of the molecule is CC(C)CCS(=O)(=O)N1CCOC(C(=N)N)C1. The average Bonchev–Trinajstić information content (AvgIpc) is 2.27. The van der Waals surface area contributed by atoms with Crippen LogP contribution in [0.25, 0.3) is 0 Å². The van der Waals surface area contributed by atoms with E-state index in [0.717, 1.165) is 0 Å². The fourth-order valence-corrected chi connectivity index (χ4v) is 3.32. The van der Waals surface area contributed by atoms with Crippen molar-refractivity contribution < 1.29 is 13.2 Å². The van der Waals surface area contributed by atoms with Crippen LogP contribution in [0.2, 0.25) is 0 Å². The molecule has 0 spiro atoms. The van der Waals surface area contributed by atoms with E-state index in [1.54, 1.807) is 0 Å². The van der Waals surface area contributed by atoms with Gasteiger partial charge < -0.3 is 10.5 Å². The van der Waals surface area contributed by atoms with E-state index in [1.165, 1.54) is 4.31 Å². The van der Waals surface area contributed by atoms with Crippen LogP contribution in [0.3, 0.4) is 0 Å². The molecule has 1 aliphatic rings. The van der Waals surface area contributed by atoms with Gasteiger partial charge in [0.1, 0.15) is 11.9 Å². The molecule has 1 aliphatic heterocycles. The Hall–Kier alpha value is -0.660. The van der Waals surface area contributed by atoms with Crippen molar-refractivity contribution in [3.05, 3.63) is 0 Å². The van der Waals surface area contributed by atoms with Crippen molar-refractivity contribution in [1.82, 2.24) is 4.31 Å². The second-order valence-corrected chi connectivity index (χ2v) is 6.76. The Morgan fingerprint density at radius 3 is 2.76 bits per heavy atom. The fraction of sp³-hybridized carbons (Fsp3) is 0.900. The van der Waals surface area contributed by atoms with Crippen molar-refractivity contribution in [2.24, 2.45) is 11.7 Å². The maximum Gasteiger partial charge on any atom is 0.214 e. The van der Waals surface area contributed by atoms with Crippen molar-refractivity contribution in [3.63, 3.8) is 0 Å². The quantitative estimate of drug-likeness (QED) is 0.539. The van der Waals surface area contributed by atoms with E-state index in [4.69, 9.17) is 15.9 Å². The predicted molar refractivity (Wildman–Crippen MR) is 66.5 cm³/mol. The molecule has 0 aromatic carbocycles. The Bertz CT molecular complexity index is 367. The highest BCUT2D eigenvalue weighted by Crippen LogP contribution is 2.13. The van der Waals surface area contributed by atoms with Gasteiger partial charge in [-0.2, -0.15) is 4.31 Å². The monoisotopic (exact) mass is 263 g/mol.